The predicted octanol–water partition coefficient (Wildman–Crippen LogP) is 3.08. The van der Waals surface area contributed by atoms with E-state index in [-0.39, 0.29) is 37.2 Å². The molecule has 32 heavy (non-hydrogen) atoms. The van der Waals surface area contributed by atoms with Gasteiger partial charge in [0.15, 0.2) is 5.13 Å². The van der Waals surface area contributed by atoms with Crippen LogP contribution in [-0.4, -0.2) is 72.4 Å². The van der Waals surface area contributed by atoms with Crippen molar-refractivity contribution in [2.24, 2.45) is 0 Å². The van der Waals surface area contributed by atoms with Crippen molar-refractivity contribution in [1.82, 2.24) is 14.8 Å². The fraction of sp³-hybridized carbons (Fsp3) is 0.455. The van der Waals surface area contributed by atoms with Crippen LogP contribution in [0, 0.1) is 0 Å². The van der Waals surface area contributed by atoms with Crippen molar-refractivity contribution in [2.45, 2.75) is 25.7 Å². The van der Waals surface area contributed by atoms with Crippen LogP contribution in [-0.2, 0) is 20.7 Å². The SMILES string of the molecule is COCCN(CC(=O)Nc1nc(CC(=O)N2CCCCC2)cs1)C(=O)c1ccc(Cl)cc1. The first-order valence-corrected chi connectivity index (χ1v) is 11.8. The maximum absolute atomic E-state index is 12.8. The molecule has 2 aromatic rings. The van der Waals surface area contributed by atoms with Crippen molar-refractivity contribution in [1.29, 1.82) is 0 Å². The van der Waals surface area contributed by atoms with E-state index < -0.39 is 0 Å². The number of halogens is 1. The summed E-state index contributed by atoms with van der Waals surface area (Å²) in [6.07, 6.45) is 3.47. The minimum Gasteiger partial charge on any atom is -0.383 e. The summed E-state index contributed by atoms with van der Waals surface area (Å²) in [6, 6.07) is 6.50. The molecule has 0 atom stereocenters. The zero-order chi connectivity index (χ0) is 22.9. The number of methoxy groups -OCH3 is 1. The van der Waals surface area contributed by atoms with Crippen LogP contribution in [0.3, 0.4) is 0 Å². The quantitative estimate of drug-likeness (QED) is 0.598. The normalized spacial score (nSPS) is 13.6. The van der Waals surface area contributed by atoms with Crippen molar-refractivity contribution in [3.8, 4) is 0 Å². The van der Waals surface area contributed by atoms with Gasteiger partial charge in [-0.1, -0.05) is 11.6 Å². The summed E-state index contributed by atoms with van der Waals surface area (Å²) < 4.78 is 5.07. The van der Waals surface area contributed by atoms with Crippen LogP contribution in [0.2, 0.25) is 5.02 Å². The molecular weight excluding hydrogens is 452 g/mol. The molecule has 1 N–H and O–H groups in total. The van der Waals surface area contributed by atoms with Gasteiger partial charge >= 0.3 is 0 Å². The summed E-state index contributed by atoms with van der Waals surface area (Å²) in [4.78, 5) is 45.5. The summed E-state index contributed by atoms with van der Waals surface area (Å²) in [7, 11) is 1.54. The Balaban J connectivity index is 1.56. The van der Waals surface area contributed by atoms with Crippen LogP contribution >= 0.6 is 22.9 Å². The molecule has 0 radical (unpaired) electrons. The second-order valence-electron chi connectivity index (χ2n) is 7.54. The minimum atomic E-state index is -0.369. The molecule has 2 heterocycles. The molecule has 10 heteroatoms. The Bertz CT molecular complexity index is 928. The highest BCUT2D eigenvalue weighted by Gasteiger charge is 2.21. The van der Waals surface area contributed by atoms with Crippen molar-refractivity contribution >= 4 is 45.8 Å². The summed E-state index contributed by atoms with van der Waals surface area (Å²) in [6.45, 7) is 2.01. The third-order valence-corrected chi connectivity index (χ3v) is 6.18. The van der Waals surface area contributed by atoms with Gasteiger partial charge < -0.3 is 19.9 Å². The average molecular weight is 479 g/mol. The van der Waals surface area contributed by atoms with E-state index in [1.54, 1.807) is 29.6 Å². The zero-order valence-electron chi connectivity index (χ0n) is 18.0. The minimum absolute atomic E-state index is 0.0622. The smallest absolute Gasteiger partial charge is 0.254 e. The Labute approximate surface area is 196 Å². The van der Waals surface area contributed by atoms with Gasteiger partial charge in [0.25, 0.3) is 5.91 Å². The molecule has 1 fully saturated rings. The predicted molar refractivity (Wildman–Crippen MR) is 124 cm³/mol. The molecule has 0 bridgehead atoms. The van der Waals surface area contributed by atoms with Crippen molar-refractivity contribution in [2.75, 3.05) is 45.2 Å². The lowest BCUT2D eigenvalue weighted by Crippen LogP contribution is -2.40. The molecule has 3 rings (SSSR count). The number of benzene rings is 1. The molecule has 0 unspecified atom stereocenters. The van der Waals surface area contributed by atoms with Gasteiger partial charge in [0.2, 0.25) is 11.8 Å². The second kappa shape index (κ2) is 11.9. The van der Waals surface area contributed by atoms with Gasteiger partial charge in [0.1, 0.15) is 6.54 Å². The topological polar surface area (TPSA) is 91.8 Å². The van der Waals surface area contributed by atoms with E-state index in [1.165, 1.54) is 29.8 Å². The van der Waals surface area contributed by atoms with Crippen LogP contribution in [0.15, 0.2) is 29.6 Å². The average Bonchev–Trinajstić information content (AvgIpc) is 3.23. The van der Waals surface area contributed by atoms with E-state index >= 15 is 0 Å². The lowest BCUT2D eigenvalue weighted by Gasteiger charge is -2.26. The molecule has 0 saturated carbocycles. The van der Waals surface area contributed by atoms with Gasteiger partial charge in [-0.2, -0.15) is 0 Å². The standard InChI is InChI=1S/C22H27ClN4O4S/c1-31-12-11-27(21(30)16-5-7-17(23)8-6-16)14-19(28)25-22-24-18(15-32-22)13-20(29)26-9-3-2-4-10-26/h5-8,15H,2-4,9-14H2,1H3,(H,24,25,28). The van der Waals surface area contributed by atoms with E-state index in [1.807, 2.05) is 4.90 Å². The first-order valence-electron chi connectivity index (χ1n) is 10.5. The Morgan fingerprint density at radius 2 is 1.91 bits per heavy atom. The Kier molecular flexibility index (Phi) is 9.01. The van der Waals surface area contributed by atoms with Gasteiger partial charge in [-0.25, -0.2) is 4.98 Å². The molecule has 172 valence electrons. The number of anilines is 1. The number of rotatable bonds is 9. The number of hydrogen-bond donors (Lipinski definition) is 1. The molecule has 8 nitrogen and oxygen atoms in total. The van der Waals surface area contributed by atoms with Gasteiger partial charge in [-0.05, 0) is 43.5 Å². The highest BCUT2D eigenvalue weighted by Crippen LogP contribution is 2.18. The largest absolute Gasteiger partial charge is 0.383 e. The van der Waals surface area contributed by atoms with Crippen LogP contribution < -0.4 is 5.32 Å². The lowest BCUT2D eigenvalue weighted by molar-refractivity contribution is -0.131. The van der Waals surface area contributed by atoms with Crippen LogP contribution in [0.5, 0.6) is 0 Å². The third-order valence-electron chi connectivity index (χ3n) is 5.12. The molecule has 0 spiro atoms. The number of carbonyl (C=O) groups is 3. The van der Waals surface area contributed by atoms with Crippen molar-refractivity contribution in [3.63, 3.8) is 0 Å². The van der Waals surface area contributed by atoms with Gasteiger partial charge in [0, 0.05) is 42.7 Å². The number of likely N-dealkylation sites (tertiary alicyclic amines) is 1. The first-order chi connectivity index (χ1) is 15.5. The van der Waals surface area contributed by atoms with Gasteiger partial charge in [-0.15, -0.1) is 11.3 Å². The summed E-state index contributed by atoms with van der Waals surface area (Å²) in [5, 5.41) is 5.44. The maximum atomic E-state index is 12.8. The summed E-state index contributed by atoms with van der Waals surface area (Å²) >= 11 is 7.15. The highest BCUT2D eigenvalue weighted by atomic mass is 35.5. The van der Waals surface area contributed by atoms with Crippen molar-refractivity contribution in [3.05, 3.63) is 45.9 Å². The van der Waals surface area contributed by atoms with E-state index in [2.05, 4.69) is 10.3 Å². The first kappa shape index (κ1) is 24.2. The Hall–Kier alpha value is -2.49. The maximum Gasteiger partial charge on any atom is 0.254 e. The Morgan fingerprint density at radius 3 is 2.59 bits per heavy atom. The van der Waals surface area contributed by atoms with Crippen LogP contribution in [0.1, 0.15) is 35.3 Å². The number of nitrogens with one attached hydrogen (secondary N) is 1. The molecule has 1 aromatic carbocycles. The van der Waals surface area contributed by atoms with Gasteiger partial charge in [0.05, 0.1) is 18.7 Å². The van der Waals surface area contributed by atoms with Crippen LogP contribution in [0.25, 0.3) is 0 Å². The van der Waals surface area contributed by atoms with E-state index in [0.717, 1.165) is 25.9 Å². The molecule has 1 aromatic heterocycles. The van der Waals surface area contributed by atoms with E-state index in [0.29, 0.717) is 28.0 Å². The number of nitrogens with zero attached hydrogens (tertiary/aromatic N) is 3. The van der Waals surface area contributed by atoms with Crippen molar-refractivity contribution < 1.29 is 19.1 Å². The van der Waals surface area contributed by atoms with Gasteiger partial charge in [-0.3, -0.25) is 14.4 Å². The monoisotopic (exact) mass is 478 g/mol. The second-order valence-corrected chi connectivity index (χ2v) is 8.83. The molecule has 3 amide bonds. The number of aromatic nitrogens is 1. The number of amides is 3. The zero-order valence-corrected chi connectivity index (χ0v) is 19.6. The van der Waals surface area contributed by atoms with E-state index in [4.69, 9.17) is 16.3 Å². The number of ether oxygens (including phenoxy) is 1. The molecule has 1 aliphatic heterocycles. The van der Waals surface area contributed by atoms with Crippen LogP contribution in [0.4, 0.5) is 5.13 Å². The number of thiazole rings is 1. The summed E-state index contributed by atoms with van der Waals surface area (Å²) in [5.41, 5.74) is 1.07. The number of carbonyl (C=O) groups excluding carboxylic acids is 3. The lowest BCUT2D eigenvalue weighted by atomic mass is 10.1. The molecule has 0 aliphatic carbocycles. The number of hydrogen-bond acceptors (Lipinski definition) is 6. The molecular formula is C22H27ClN4O4S. The molecule has 1 saturated heterocycles. The highest BCUT2D eigenvalue weighted by molar-refractivity contribution is 7.13. The number of piperidine rings is 1. The third kappa shape index (κ3) is 7.01. The Morgan fingerprint density at radius 1 is 1.19 bits per heavy atom. The fourth-order valence-corrected chi connectivity index (χ4v) is 4.27. The fourth-order valence-electron chi connectivity index (χ4n) is 3.42. The molecule has 1 aliphatic rings. The summed E-state index contributed by atoms with van der Waals surface area (Å²) in [5.74, 6) is -0.598. The van der Waals surface area contributed by atoms with E-state index in [9.17, 15) is 14.4 Å².